The predicted octanol–water partition coefficient (Wildman–Crippen LogP) is 6.10. The lowest BCUT2D eigenvalue weighted by Crippen LogP contribution is -2.24. The van der Waals surface area contributed by atoms with Gasteiger partial charge in [0.2, 0.25) is 0 Å². The molecule has 1 fully saturated rings. The number of hydrogen-bond donors (Lipinski definition) is 2. The lowest BCUT2D eigenvalue weighted by Gasteiger charge is -2.32. The van der Waals surface area contributed by atoms with E-state index in [1.54, 1.807) is 56.7 Å². The van der Waals surface area contributed by atoms with Crippen LogP contribution in [-0.4, -0.2) is 48.9 Å². The van der Waals surface area contributed by atoms with Crippen molar-refractivity contribution in [3.8, 4) is 5.75 Å². The Balaban J connectivity index is 1.30. The summed E-state index contributed by atoms with van der Waals surface area (Å²) in [5.74, 6) is 1.26. The van der Waals surface area contributed by atoms with Gasteiger partial charge in [0.05, 0.1) is 31.7 Å². The summed E-state index contributed by atoms with van der Waals surface area (Å²) in [5, 5.41) is 10.3. The van der Waals surface area contributed by atoms with Crippen LogP contribution >= 0.6 is 40.8 Å². The fraction of sp³-hybridized carbons (Fsp3) is 0.346. The monoisotopic (exact) mass is 621 g/mol. The van der Waals surface area contributed by atoms with Crippen LogP contribution in [0.25, 0.3) is 11.2 Å². The fourth-order valence-corrected chi connectivity index (χ4v) is 9.24. The highest BCUT2D eigenvalue weighted by Crippen LogP contribution is 2.55. The van der Waals surface area contributed by atoms with Crippen molar-refractivity contribution in [2.75, 3.05) is 17.8 Å². The molecule has 3 unspecified atom stereocenters. The number of halogens is 1. The Kier molecular flexibility index (Phi) is 9.57. The molecule has 0 saturated carbocycles. The maximum Gasteiger partial charge on any atom is 0.405 e. The Labute approximate surface area is 244 Å². The van der Waals surface area contributed by atoms with E-state index in [2.05, 4.69) is 15.0 Å². The molecule has 3 N–H and O–H groups in total. The van der Waals surface area contributed by atoms with Gasteiger partial charge in [0, 0.05) is 16.0 Å². The smallest absolute Gasteiger partial charge is 0.405 e. The Bertz CT molecular complexity index is 1510. The largest absolute Gasteiger partial charge is 0.423 e. The number of ether oxygens (including phenoxy) is 1. The summed E-state index contributed by atoms with van der Waals surface area (Å²) in [7, 11) is -0.425. The van der Waals surface area contributed by atoms with Crippen LogP contribution in [0, 0.1) is 0 Å². The van der Waals surface area contributed by atoms with Crippen molar-refractivity contribution in [2.24, 2.45) is 0 Å². The van der Waals surface area contributed by atoms with Crippen LogP contribution in [0.5, 0.6) is 5.75 Å². The Morgan fingerprint density at radius 3 is 2.90 bits per heavy atom. The van der Waals surface area contributed by atoms with Gasteiger partial charge in [-0.15, -0.1) is 0 Å². The number of benzene rings is 2. The lowest BCUT2D eigenvalue weighted by molar-refractivity contribution is 0.0672. The molecule has 0 amide bonds. The van der Waals surface area contributed by atoms with E-state index in [4.69, 9.17) is 31.1 Å². The molecule has 10 nitrogen and oxygen atoms in total. The number of imidazole rings is 1. The van der Waals surface area contributed by atoms with Gasteiger partial charge < -0.3 is 24.7 Å². The molecule has 2 aromatic carbocycles. The van der Waals surface area contributed by atoms with Gasteiger partial charge in [-0.2, -0.15) is 0 Å². The zero-order valence-corrected chi connectivity index (χ0v) is 24.9. The number of aliphatic hydroxyl groups is 1. The molecule has 0 spiro atoms. The van der Waals surface area contributed by atoms with Crippen molar-refractivity contribution >= 4 is 57.8 Å². The zero-order chi connectivity index (χ0) is 28.1. The van der Waals surface area contributed by atoms with Gasteiger partial charge in [-0.3, -0.25) is 4.52 Å². The molecule has 1 aliphatic rings. The van der Waals surface area contributed by atoms with E-state index in [0.29, 0.717) is 46.5 Å². The molecule has 5 rings (SSSR count). The Hall–Kier alpha value is -2.31. The van der Waals surface area contributed by atoms with Crippen molar-refractivity contribution in [1.29, 1.82) is 0 Å². The second-order valence-electron chi connectivity index (χ2n) is 9.28. The zero-order valence-electron chi connectivity index (χ0n) is 21.6. The van der Waals surface area contributed by atoms with Crippen LogP contribution in [-0.2, 0) is 27.0 Å². The van der Waals surface area contributed by atoms with Crippen molar-refractivity contribution in [3.63, 3.8) is 0 Å². The third kappa shape index (κ3) is 7.12. The molecule has 0 bridgehead atoms. The highest BCUT2D eigenvalue weighted by Gasteiger charge is 2.36. The van der Waals surface area contributed by atoms with Gasteiger partial charge in [0.25, 0.3) is 0 Å². The average molecular weight is 622 g/mol. The SMILES string of the molecule is C[C@H](Cn1cnc2c(N)ncnc21)OCP(=O)(Oc1cccc(Cl)c1)OC1CSSC(c2ccccc2CO)C1. The van der Waals surface area contributed by atoms with E-state index < -0.39 is 7.60 Å². The second kappa shape index (κ2) is 13.1. The number of hydrogen-bond acceptors (Lipinski definition) is 11. The second-order valence-corrected chi connectivity index (χ2v) is 14.2. The van der Waals surface area contributed by atoms with Crippen LogP contribution in [0.4, 0.5) is 5.82 Å². The number of nitrogens with two attached hydrogens (primary N) is 1. The van der Waals surface area contributed by atoms with Gasteiger partial charge in [0.1, 0.15) is 17.6 Å². The summed E-state index contributed by atoms with van der Waals surface area (Å²) in [5.41, 5.74) is 8.91. The molecule has 2 aromatic heterocycles. The van der Waals surface area contributed by atoms with E-state index in [9.17, 15) is 9.67 Å². The number of fused-ring (bicyclic) bond motifs is 1. The van der Waals surface area contributed by atoms with Crippen molar-refractivity contribution in [3.05, 3.63) is 77.3 Å². The summed E-state index contributed by atoms with van der Waals surface area (Å²) in [4.78, 5) is 12.5. The number of nitrogens with zero attached hydrogens (tertiary/aromatic N) is 4. The van der Waals surface area contributed by atoms with E-state index in [1.165, 1.54) is 6.33 Å². The van der Waals surface area contributed by atoms with Crippen molar-refractivity contribution in [2.45, 2.75) is 44.0 Å². The van der Waals surface area contributed by atoms with Gasteiger partial charge in [-0.1, -0.05) is 63.5 Å². The first-order chi connectivity index (χ1) is 19.3. The van der Waals surface area contributed by atoms with Gasteiger partial charge in [0.15, 0.2) is 17.8 Å². The highest BCUT2D eigenvalue weighted by atomic mass is 35.5. The number of rotatable bonds is 11. The van der Waals surface area contributed by atoms with Crippen LogP contribution in [0.15, 0.2) is 61.2 Å². The van der Waals surface area contributed by atoms with E-state index in [0.717, 1.165) is 11.1 Å². The molecule has 1 aliphatic heterocycles. The fourth-order valence-electron chi connectivity index (χ4n) is 4.36. The molecule has 14 heteroatoms. The molecular weight excluding hydrogens is 593 g/mol. The standard InChI is InChI=1S/C26H29ClN5O5PS2/c1-17(11-32-15-31-24-25(28)29-14-30-26(24)32)35-16-38(34,36-20-7-4-6-19(27)9-20)37-21-10-23(40-39-13-21)22-8-3-2-5-18(22)12-33/h2-9,14-15,17,21,23,33H,10-13,16H2,1H3,(H2,28,29,30)/t17-,21?,23?,38?/m1/s1. The summed E-state index contributed by atoms with van der Waals surface area (Å²) in [6, 6.07) is 14.5. The first-order valence-corrected chi connectivity index (χ1v) is 17.0. The minimum atomic E-state index is -3.79. The maximum atomic E-state index is 14.2. The van der Waals surface area contributed by atoms with Crippen molar-refractivity contribution < 1.29 is 23.5 Å². The molecular formula is C26H29ClN5O5PS2. The quantitative estimate of drug-likeness (QED) is 0.148. The van der Waals surface area contributed by atoms with Crippen LogP contribution in [0.3, 0.4) is 0 Å². The lowest BCUT2D eigenvalue weighted by atomic mass is 10.0. The number of aromatic nitrogens is 4. The van der Waals surface area contributed by atoms with Crippen LogP contribution in [0.2, 0.25) is 5.02 Å². The summed E-state index contributed by atoms with van der Waals surface area (Å²) >= 11 is 6.15. The minimum absolute atomic E-state index is 0.0453. The third-order valence-electron chi connectivity index (χ3n) is 6.24. The van der Waals surface area contributed by atoms with Gasteiger partial charge in [-0.05, 0) is 42.7 Å². The number of nitrogen functional groups attached to an aromatic ring is 1. The van der Waals surface area contributed by atoms with Gasteiger partial charge in [-0.25, -0.2) is 19.5 Å². The molecule has 4 atom stereocenters. The van der Waals surface area contributed by atoms with E-state index >= 15 is 0 Å². The molecule has 3 heterocycles. The topological polar surface area (TPSA) is 135 Å². The summed E-state index contributed by atoms with van der Waals surface area (Å²) < 4.78 is 34.2. The third-order valence-corrected chi connectivity index (χ3v) is 10.9. The Morgan fingerprint density at radius 1 is 1.23 bits per heavy atom. The first kappa shape index (κ1) is 29.2. The minimum Gasteiger partial charge on any atom is -0.423 e. The van der Waals surface area contributed by atoms with Crippen molar-refractivity contribution in [1.82, 2.24) is 19.5 Å². The predicted molar refractivity (Wildman–Crippen MR) is 159 cm³/mol. The normalized spacial score (nSPS) is 19.8. The van der Waals surface area contributed by atoms with Crippen LogP contribution in [0.1, 0.15) is 29.7 Å². The average Bonchev–Trinajstić information content (AvgIpc) is 3.36. The highest BCUT2D eigenvalue weighted by molar-refractivity contribution is 8.76. The number of aliphatic hydroxyl groups excluding tert-OH is 1. The molecule has 4 aromatic rings. The summed E-state index contributed by atoms with van der Waals surface area (Å²) in [6.45, 7) is 2.20. The molecule has 40 heavy (non-hydrogen) atoms. The molecule has 0 aliphatic carbocycles. The molecule has 212 valence electrons. The number of anilines is 1. The Morgan fingerprint density at radius 2 is 2.08 bits per heavy atom. The molecule has 1 saturated heterocycles. The first-order valence-electron chi connectivity index (χ1n) is 12.6. The van der Waals surface area contributed by atoms with E-state index in [-0.39, 0.29) is 30.4 Å². The maximum absolute atomic E-state index is 14.2. The van der Waals surface area contributed by atoms with Crippen LogP contribution < -0.4 is 10.3 Å². The van der Waals surface area contributed by atoms with E-state index in [1.807, 2.05) is 31.2 Å². The van der Waals surface area contributed by atoms with Gasteiger partial charge >= 0.3 is 7.60 Å². The summed E-state index contributed by atoms with van der Waals surface area (Å²) in [6.07, 6.45) is 2.61. The molecule has 0 radical (unpaired) electrons.